The van der Waals surface area contributed by atoms with Crippen LogP contribution in [0.25, 0.3) is 6.08 Å². The van der Waals surface area contributed by atoms with Crippen LogP contribution in [0.4, 0.5) is 0 Å². The molecule has 1 aromatic rings. The highest BCUT2D eigenvalue weighted by molar-refractivity contribution is 5.85. The fourth-order valence-electron chi connectivity index (χ4n) is 2.97. The maximum Gasteiger partial charge on any atom is 0.328 e. The first-order valence-corrected chi connectivity index (χ1v) is 7.40. The summed E-state index contributed by atoms with van der Waals surface area (Å²) in [5.74, 6) is -0.172. The lowest BCUT2D eigenvalue weighted by Gasteiger charge is -2.21. The highest BCUT2D eigenvalue weighted by Crippen LogP contribution is 2.18. The SMILES string of the molecule is CN1CCC(CN(C)Cc2ccccc2C=CC(=O)O)C1. The van der Waals surface area contributed by atoms with Crippen molar-refractivity contribution < 1.29 is 9.90 Å². The van der Waals surface area contributed by atoms with Crippen molar-refractivity contribution in [2.75, 3.05) is 33.7 Å². The van der Waals surface area contributed by atoms with Crippen molar-refractivity contribution in [1.29, 1.82) is 0 Å². The Kier molecular flexibility index (Phi) is 5.53. The van der Waals surface area contributed by atoms with Crippen LogP contribution >= 0.6 is 0 Å². The van der Waals surface area contributed by atoms with Gasteiger partial charge in [-0.25, -0.2) is 4.79 Å². The number of hydrogen-bond acceptors (Lipinski definition) is 3. The van der Waals surface area contributed by atoms with Crippen molar-refractivity contribution in [3.05, 3.63) is 41.5 Å². The lowest BCUT2D eigenvalue weighted by atomic mass is 10.0. The minimum atomic E-state index is -0.910. The van der Waals surface area contributed by atoms with Gasteiger partial charge in [-0.1, -0.05) is 24.3 Å². The maximum atomic E-state index is 10.7. The second-order valence-corrected chi connectivity index (χ2v) is 5.98. The van der Waals surface area contributed by atoms with E-state index in [1.54, 1.807) is 6.08 Å². The number of benzene rings is 1. The lowest BCUT2D eigenvalue weighted by molar-refractivity contribution is -0.131. The smallest absolute Gasteiger partial charge is 0.328 e. The molecule has 0 aliphatic carbocycles. The summed E-state index contributed by atoms with van der Waals surface area (Å²) in [7, 11) is 4.31. The zero-order valence-electron chi connectivity index (χ0n) is 12.8. The molecule has 1 aliphatic heterocycles. The Morgan fingerprint density at radius 2 is 2.24 bits per heavy atom. The van der Waals surface area contributed by atoms with E-state index in [4.69, 9.17) is 5.11 Å². The van der Waals surface area contributed by atoms with Gasteiger partial charge in [0.2, 0.25) is 0 Å². The molecular weight excluding hydrogens is 264 g/mol. The van der Waals surface area contributed by atoms with E-state index in [-0.39, 0.29) is 0 Å². The van der Waals surface area contributed by atoms with Crippen LogP contribution in [-0.2, 0) is 11.3 Å². The molecule has 4 heteroatoms. The molecule has 1 N–H and O–H groups in total. The number of hydrogen-bond donors (Lipinski definition) is 1. The summed E-state index contributed by atoms with van der Waals surface area (Å²) < 4.78 is 0. The number of nitrogens with zero attached hydrogens (tertiary/aromatic N) is 2. The predicted octanol–water partition coefficient (Wildman–Crippen LogP) is 2.17. The first kappa shape index (κ1) is 15.7. The third kappa shape index (κ3) is 4.99. The van der Waals surface area contributed by atoms with E-state index in [0.29, 0.717) is 0 Å². The van der Waals surface area contributed by atoms with E-state index >= 15 is 0 Å². The summed E-state index contributed by atoms with van der Waals surface area (Å²) in [6.45, 7) is 4.29. The molecule has 21 heavy (non-hydrogen) atoms. The molecule has 0 spiro atoms. The number of likely N-dealkylation sites (tertiary alicyclic amines) is 1. The van der Waals surface area contributed by atoms with Gasteiger partial charge in [0.1, 0.15) is 0 Å². The van der Waals surface area contributed by atoms with Gasteiger partial charge in [0.15, 0.2) is 0 Å². The van der Waals surface area contributed by atoms with Gasteiger partial charge in [-0.3, -0.25) is 0 Å². The zero-order valence-corrected chi connectivity index (χ0v) is 12.8. The van der Waals surface area contributed by atoms with E-state index in [1.165, 1.54) is 31.1 Å². The van der Waals surface area contributed by atoms with Crippen LogP contribution in [0.15, 0.2) is 30.3 Å². The Morgan fingerprint density at radius 1 is 1.48 bits per heavy atom. The van der Waals surface area contributed by atoms with Gasteiger partial charge < -0.3 is 14.9 Å². The quantitative estimate of drug-likeness (QED) is 0.815. The summed E-state index contributed by atoms with van der Waals surface area (Å²) >= 11 is 0. The van der Waals surface area contributed by atoms with Crippen LogP contribution in [0.1, 0.15) is 17.5 Å². The average molecular weight is 288 g/mol. The molecule has 2 rings (SSSR count). The number of carboxylic acids is 1. The Balaban J connectivity index is 1.97. The van der Waals surface area contributed by atoms with Crippen LogP contribution < -0.4 is 0 Å². The second-order valence-electron chi connectivity index (χ2n) is 5.98. The number of carboxylic acid groups (broad SMARTS) is 1. The van der Waals surface area contributed by atoms with Crippen LogP contribution in [0.2, 0.25) is 0 Å². The summed E-state index contributed by atoms with van der Waals surface area (Å²) in [5, 5.41) is 8.76. The monoisotopic (exact) mass is 288 g/mol. The Bertz CT molecular complexity index is 513. The van der Waals surface area contributed by atoms with E-state index in [0.717, 1.165) is 24.6 Å². The second kappa shape index (κ2) is 7.38. The van der Waals surface area contributed by atoms with Gasteiger partial charge in [0, 0.05) is 25.7 Å². The van der Waals surface area contributed by atoms with E-state index in [2.05, 4.69) is 30.0 Å². The Morgan fingerprint density at radius 3 is 2.90 bits per heavy atom. The van der Waals surface area contributed by atoms with Crippen LogP contribution in [0.3, 0.4) is 0 Å². The Hall–Kier alpha value is -1.65. The van der Waals surface area contributed by atoms with Crippen molar-refractivity contribution >= 4 is 12.0 Å². The number of carbonyl (C=O) groups is 1. The highest BCUT2D eigenvalue weighted by atomic mass is 16.4. The topological polar surface area (TPSA) is 43.8 Å². The average Bonchev–Trinajstić information content (AvgIpc) is 2.83. The zero-order chi connectivity index (χ0) is 15.2. The van der Waals surface area contributed by atoms with Gasteiger partial charge in [-0.15, -0.1) is 0 Å². The van der Waals surface area contributed by atoms with Crippen molar-refractivity contribution in [3.63, 3.8) is 0 Å². The van der Waals surface area contributed by atoms with E-state index < -0.39 is 5.97 Å². The highest BCUT2D eigenvalue weighted by Gasteiger charge is 2.20. The first-order chi connectivity index (χ1) is 10.0. The normalized spacial score (nSPS) is 19.7. The maximum absolute atomic E-state index is 10.7. The van der Waals surface area contributed by atoms with Gasteiger partial charge in [0.05, 0.1) is 0 Å². The predicted molar refractivity (Wildman–Crippen MR) is 85.0 cm³/mol. The molecule has 4 nitrogen and oxygen atoms in total. The van der Waals surface area contributed by atoms with Crippen LogP contribution in [0, 0.1) is 5.92 Å². The summed E-state index contributed by atoms with van der Waals surface area (Å²) in [6, 6.07) is 7.98. The van der Waals surface area contributed by atoms with E-state index in [9.17, 15) is 4.79 Å². The standard InChI is InChI=1S/C17H24N2O2/c1-18-10-9-14(11-18)12-19(2)13-16-6-4-3-5-15(16)7-8-17(20)21/h3-8,14H,9-13H2,1-2H3,(H,20,21). The molecule has 1 heterocycles. The molecular formula is C17H24N2O2. The van der Waals surface area contributed by atoms with Crippen molar-refractivity contribution in [2.45, 2.75) is 13.0 Å². The molecule has 1 fully saturated rings. The van der Waals surface area contributed by atoms with Crippen LogP contribution in [-0.4, -0.2) is 54.6 Å². The molecule has 1 aromatic carbocycles. The van der Waals surface area contributed by atoms with Crippen molar-refractivity contribution in [1.82, 2.24) is 9.80 Å². The number of rotatable bonds is 6. The molecule has 0 radical (unpaired) electrons. The van der Waals surface area contributed by atoms with Gasteiger partial charge in [0.25, 0.3) is 0 Å². The molecule has 1 atom stereocenters. The van der Waals surface area contributed by atoms with Gasteiger partial charge in [-0.2, -0.15) is 0 Å². The minimum Gasteiger partial charge on any atom is -0.478 e. The molecule has 114 valence electrons. The van der Waals surface area contributed by atoms with Crippen LogP contribution in [0.5, 0.6) is 0 Å². The largest absolute Gasteiger partial charge is 0.478 e. The van der Waals surface area contributed by atoms with Gasteiger partial charge >= 0.3 is 5.97 Å². The first-order valence-electron chi connectivity index (χ1n) is 7.40. The molecule has 1 aliphatic rings. The third-order valence-corrected chi connectivity index (χ3v) is 3.96. The van der Waals surface area contributed by atoms with Crippen molar-refractivity contribution in [2.24, 2.45) is 5.92 Å². The molecule has 0 aromatic heterocycles. The van der Waals surface area contributed by atoms with Gasteiger partial charge in [-0.05, 0) is 50.2 Å². The Labute approximate surface area is 126 Å². The summed E-state index contributed by atoms with van der Waals surface area (Å²) in [5.41, 5.74) is 2.15. The molecule has 1 unspecified atom stereocenters. The summed E-state index contributed by atoms with van der Waals surface area (Å²) in [4.78, 5) is 15.4. The molecule has 1 saturated heterocycles. The fraction of sp³-hybridized carbons (Fsp3) is 0.471. The lowest BCUT2D eigenvalue weighted by Crippen LogP contribution is -2.27. The van der Waals surface area contributed by atoms with E-state index in [1.807, 2.05) is 18.2 Å². The molecule has 0 saturated carbocycles. The molecule has 0 amide bonds. The third-order valence-electron chi connectivity index (χ3n) is 3.96. The van der Waals surface area contributed by atoms with Crippen molar-refractivity contribution in [3.8, 4) is 0 Å². The fourth-order valence-corrected chi connectivity index (χ4v) is 2.97. The summed E-state index contributed by atoms with van der Waals surface area (Å²) in [6.07, 6.45) is 4.14. The molecule has 0 bridgehead atoms. The minimum absolute atomic E-state index is 0.738. The number of aliphatic carboxylic acids is 1.